The highest BCUT2D eigenvalue weighted by molar-refractivity contribution is 5.82. The number of benzene rings is 1. The third kappa shape index (κ3) is 3.80. The van der Waals surface area contributed by atoms with Crippen LogP contribution in [-0.2, 0) is 0 Å². The molecule has 3 aromatic heterocycles. The maximum atomic E-state index is 14.2. The third-order valence-electron chi connectivity index (χ3n) is 6.19. The van der Waals surface area contributed by atoms with Crippen LogP contribution in [0.1, 0.15) is 44.1 Å². The smallest absolute Gasteiger partial charge is 0.182 e. The monoisotopic (exact) mass is 438 g/mol. The molecule has 1 aliphatic rings. The number of hydrogen-bond acceptors (Lipinski definition) is 7. The van der Waals surface area contributed by atoms with Crippen LogP contribution in [0.15, 0.2) is 30.9 Å². The lowest BCUT2D eigenvalue weighted by Crippen LogP contribution is -2.39. The summed E-state index contributed by atoms with van der Waals surface area (Å²) in [5.41, 5.74) is 2.91. The van der Waals surface area contributed by atoms with Crippen molar-refractivity contribution in [2.24, 2.45) is 0 Å². The maximum Gasteiger partial charge on any atom is 0.182 e. The number of aliphatic hydroxyl groups is 1. The van der Waals surface area contributed by atoms with Crippen LogP contribution in [0.2, 0.25) is 0 Å². The molecule has 0 saturated carbocycles. The number of rotatable bonds is 7. The van der Waals surface area contributed by atoms with E-state index in [2.05, 4.69) is 41.6 Å². The van der Waals surface area contributed by atoms with E-state index in [0.717, 1.165) is 54.7 Å². The summed E-state index contributed by atoms with van der Waals surface area (Å²) in [5, 5.41) is 12.9. The highest BCUT2D eigenvalue weighted by atomic mass is 19.1. The average Bonchev–Trinajstić information content (AvgIpc) is 3.43. The molecular formula is C22H27FN8O. The average molecular weight is 439 g/mol. The summed E-state index contributed by atoms with van der Waals surface area (Å²) in [6, 6.07) is 4.77. The Morgan fingerprint density at radius 1 is 1.31 bits per heavy atom. The Morgan fingerprint density at radius 3 is 3.06 bits per heavy atom. The molecule has 1 aromatic carbocycles. The lowest BCUT2D eigenvalue weighted by atomic mass is 10.0. The second-order valence-corrected chi connectivity index (χ2v) is 8.22. The van der Waals surface area contributed by atoms with Gasteiger partial charge in [-0.2, -0.15) is 0 Å². The predicted molar refractivity (Wildman–Crippen MR) is 120 cm³/mol. The zero-order valence-electron chi connectivity index (χ0n) is 18.0. The first-order valence-electron chi connectivity index (χ1n) is 11.1. The van der Waals surface area contributed by atoms with Gasteiger partial charge in [-0.15, -0.1) is 0 Å². The number of likely N-dealkylation sites (tertiary alicyclic amines) is 1. The fourth-order valence-electron chi connectivity index (χ4n) is 4.69. The molecule has 0 radical (unpaired) electrons. The molecule has 1 aliphatic heterocycles. The van der Waals surface area contributed by atoms with Crippen LogP contribution in [-0.4, -0.2) is 65.7 Å². The molecule has 0 spiro atoms. The summed E-state index contributed by atoms with van der Waals surface area (Å²) in [6.07, 6.45) is 5.85. The number of aromatic amines is 1. The number of imidazole rings is 2. The quantitative estimate of drug-likeness (QED) is 0.407. The highest BCUT2D eigenvalue weighted by Crippen LogP contribution is 2.33. The molecule has 2 unspecified atom stereocenters. The molecule has 168 valence electrons. The fraction of sp³-hybridized carbons (Fsp3) is 0.455. The van der Waals surface area contributed by atoms with Gasteiger partial charge in [0.15, 0.2) is 11.5 Å². The zero-order valence-corrected chi connectivity index (χ0v) is 18.0. The normalized spacial score (nSPS) is 18.4. The number of anilines is 1. The van der Waals surface area contributed by atoms with Crippen molar-refractivity contribution in [2.75, 3.05) is 31.6 Å². The van der Waals surface area contributed by atoms with E-state index in [1.54, 1.807) is 18.5 Å². The van der Waals surface area contributed by atoms with Crippen molar-refractivity contribution in [1.29, 1.82) is 0 Å². The van der Waals surface area contributed by atoms with E-state index in [0.29, 0.717) is 18.0 Å². The zero-order chi connectivity index (χ0) is 22.1. The summed E-state index contributed by atoms with van der Waals surface area (Å²) in [5.74, 6) is 1.24. The van der Waals surface area contributed by atoms with Crippen molar-refractivity contribution >= 4 is 28.0 Å². The summed E-state index contributed by atoms with van der Waals surface area (Å²) in [7, 11) is 0. The van der Waals surface area contributed by atoms with Crippen LogP contribution in [0.3, 0.4) is 0 Å². The van der Waals surface area contributed by atoms with Crippen LogP contribution in [0.4, 0.5) is 10.2 Å². The lowest BCUT2D eigenvalue weighted by Gasteiger charge is -2.35. The van der Waals surface area contributed by atoms with Gasteiger partial charge < -0.3 is 20.0 Å². The van der Waals surface area contributed by atoms with Crippen molar-refractivity contribution in [2.45, 2.75) is 38.3 Å². The van der Waals surface area contributed by atoms with E-state index >= 15 is 0 Å². The number of nitrogens with one attached hydrogen (secondary N) is 2. The van der Waals surface area contributed by atoms with E-state index < -0.39 is 0 Å². The van der Waals surface area contributed by atoms with Gasteiger partial charge in [-0.25, -0.2) is 24.3 Å². The van der Waals surface area contributed by atoms with Gasteiger partial charge in [0.25, 0.3) is 0 Å². The molecule has 9 nitrogen and oxygen atoms in total. The van der Waals surface area contributed by atoms with Gasteiger partial charge in [0, 0.05) is 19.1 Å². The van der Waals surface area contributed by atoms with Gasteiger partial charge in [-0.1, -0.05) is 6.92 Å². The standard InChI is InChI=1S/C22H27FN8O/c1-2-16(28-21-19-20(25-12-24-19)26-13-27-21)22-29-17-6-5-14(23)10-18(17)31(22)15-4-3-7-30(11-15)8-9-32/h5-6,10,12-13,15-16,32H,2-4,7-9,11H2,1H3,(H2,24,25,26,27,28). The largest absolute Gasteiger partial charge is 0.395 e. The summed E-state index contributed by atoms with van der Waals surface area (Å²) in [4.78, 5) is 23.1. The molecule has 4 aromatic rings. The predicted octanol–water partition coefficient (Wildman–Crippen LogP) is 3.03. The van der Waals surface area contributed by atoms with E-state index in [1.807, 2.05) is 0 Å². The van der Waals surface area contributed by atoms with E-state index in [9.17, 15) is 9.50 Å². The minimum Gasteiger partial charge on any atom is -0.395 e. The molecule has 10 heteroatoms. The number of aromatic nitrogens is 6. The molecule has 0 bridgehead atoms. The number of β-amino-alcohol motifs (C(OH)–C–C–N with tert-alkyl or cyclic N) is 1. The highest BCUT2D eigenvalue weighted by Gasteiger charge is 2.28. The molecule has 32 heavy (non-hydrogen) atoms. The Hall–Kier alpha value is -3.11. The second kappa shape index (κ2) is 8.79. The number of halogens is 1. The summed E-state index contributed by atoms with van der Waals surface area (Å²) in [6.45, 7) is 4.62. The molecule has 1 saturated heterocycles. The Morgan fingerprint density at radius 2 is 2.22 bits per heavy atom. The Kier molecular flexibility index (Phi) is 5.71. The topological polar surface area (TPSA) is 108 Å². The lowest BCUT2D eigenvalue weighted by molar-refractivity contribution is 0.142. The fourth-order valence-corrected chi connectivity index (χ4v) is 4.69. The van der Waals surface area contributed by atoms with Crippen LogP contribution in [0, 0.1) is 5.82 Å². The summed E-state index contributed by atoms with van der Waals surface area (Å²) < 4.78 is 16.4. The van der Waals surface area contributed by atoms with Crippen molar-refractivity contribution in [3.63, 3.8) is 0 Å². The molecular weight excluding hydrogens is 411 g/mol. The van der Waals surface area contributed by atoms with Gasteiger partial charge in [0.1, 0.15) is 23.5 Å². The van der Waals surface area contributed by atoms with Gasteiger partial charge in [0.2, 0.25) is 0 Å². The minimum absolute atomic E-state index is 0.131. The first-order valence-corrected chi connectivity index (χ1v) is 11.1. The van der Waals surface area contributed by atoms with Crippen LogP contribution < -0.4 is 5.32 Å². The van der Waals surface area contributed by atoms with Crippen LogP contribution >= 0.6 is 0 Å². The number of hydrogen-bond donors (Lipinski definition) is 3. The molecule has 1 fully saturated rings. The number of piperidine rings is 1. The SMILES string of the molecule is CCC(Nc1ncnc2nc[nH]c12)c1nc2ccc(F)cc2n1C1CCCN(CCO)C1. The van der Waals surface area contributed by atoms with E-state index in [1.165, 1.54) is 12.4 Å². The first kappa shape index (κ1) is 20.8. The third-order valence-corrected chi connectivity index (χ3v) is 6.19. The molecule has 4 heterocycles. The minimum atomic E-state index is -0.274. The molecule has 3 N–H and O–H groups in total. The van der Waals surface area contributed by atoms with E-state index in [4.69, 9.17) is 4.98 Å². The van der Waals surface area contributed by atoms with Gasteiger partial charge in [-0.3, -0.25) is 4.90 Å². The molecule has 0 aliphatic carbocycles. The van der Waals surface area contributed by atoms with E-state index in [-0.39, 0.29) is 24.5 Å². The van der Waals surface area contributed by atoms with Crippen LogP contribution in [0.5, 0.6) is 0 Å². The maximum absolute atomic E-state index is 14.2. The Labute approximate surface area is 184 Å². The first-order chi connectivity index (χ1) is 15.7. The van der Waals surface area contributed by atoms with Gasteiger partial charge in [-0.05, 0) is 44.0 Å². The van der Waals surface area contributed by atoms with Crippen molar-refractivity contribution < 1.29 is 9.50 Å². The van der Waals surface area contributed by atoms with Crippen LogP contribution in [0.25, 0.3) is 22.2 Å². The number of aliphatic hydroxyl groups excluding tert-OH is 1. The number of nitrogens with zero attached hydrogens (tertiary/aromatic N) is 6. The van der Waals surface area contributed by atoms with Crippen molar-refractivity contribution in [3.8, 4) is 0 Å². The van der Waals surface area contributed by atoms with Crippen molar-refractivity contribution in [1.82, 2.24) is 34.4 Å². The van der Waals surface area contributed by atoms with Crippen molar-refractivity contribution in [3.05, 3.63) is 42.5 Å². The molecule has 2 atom stereocenters. The molecule has 0 amide bonds. The Bertz CT molecular complexity index is 1220. The number of fused-ring (bicyclic) bond motifs is 2. The molecule has 5 rings (SSSR count). The number of H-pyrrole nitrogens is 1. The second-order valence-electron chi connectivity index (χ2n) is 8.22. The van der Waals surface area contributed by atoms with Gasteiger partial charge in [0.05, 0.1) is 30.0 Å². The van der Waals surface area contributed by atoms with Gasteiger partial charge >= 0.3 is 0 Å². The Balaban J connectivity index is 1.57. The summed E-state index contributed by atoms with van der Waals surface area (Å²) >= 11 is 0.